The van der Waals surface area contributed by atoms with Gasteiger partial charge in [0, 0.05) is 72.1 Å². The fourth-order valence-electron chi connectivity index (χ4n) is 7.00. The molecule has 5 aromatic carbocycles. The van der Waals surface area contributed by atoms with Crippen LogP contribution in [0.3, 0.4) is 0 Å². The number of rotatable bonds is 18. The third-order valence-electron chi connectivity index (χ3n) is 10.2. The summed E-state index contributed by atoms with van der Waals surface area (Å²) in [7, 11) is -0.384. The van der Waals surface area contributed by atoms with Gasteiger partial charge in [0.15, 0.2) is 5.82 Å². The highest BCUT2D eigenvalue weighted by Crippen LogP contribution is 2.33. The molecule has 7 rings (SSSR count). The average Bonchev–Trinajstić information content (AvgIpc) is 3.25. The maximum atomic E-state index is 13.8. The Kier molecular flexibility index (Phi) is 14.2. The monoisotopic (exact) mass is 866 g/mol. The number of fused-ring (bicyclic) bond motifs is 1. The van der Waals surface area contributed by atoms with Crippen molar-refractivity contribution in [3.63, 3.8) is 0 Å². The number of halogens is 1. The van der Waals surface area contributed by atoms with E-state index in [-0.39, 0.29) is 28.1 Å². The molecule has 0 bridgehead atoms. The number of piperazine rings is 1. The largest absolute Gasteiger partial charge is 0.378 e. The number of nitro groups is 1. The lowest BCUT2D eigenvalue weighted by Crippen LogP contribution is -2.46. The lowest BCUT2D eigenvalue weighted by molar-refractivity contribution is -0.384. The molecular weight excluding hydrogens is 820 g/mol. The van der Waals surface area contributed by atoms with E-state index in [1.807, 2.05) is 91.8 Å². The van der Waals surface area contributed by atoms with Crippen molar-refractivity contribution < 1.29 is 18.1 Å². The van der Waals surface area contributed by atoms with E-state index in [1.54, 1.807) is 17.8 Å². The van der Waals surface area contributed by atoms with Crippen molar-refractivity contribution in [3.8, 4) is 11.1 Å². The van der Waals surface area contributed by atoms with E-state index in [0.717, 1.165) is 61.5 Å². The first-order valence-corrected chi connectivity index (χ1v) is 22.4. The van der Waals surface area contributed by atoms with E-state index in [1.165, 1.54) is 29.6 Å². The van der Waals surface area contributed by atoms with Crippen molar-refractivity contribution in [2.45, 2.75) is 22.4 Å². The van der Waals surface area contributed by atoms with E-state index in [9.17, 15) is 18.5 Å². The first-order valence-electron chi connectivity index (χ1n) is 19.6. The van der Waals surface area contributed by atoms with Crippen LogP contribution in [0.25, 0.3) is 22.0 Å². The Labute approximate surface area is 359 Å². The molecule has 13 nitrogen and oxygen atoms in total. The van der Waals surface area contributed by atoms with Gasteiger partial charge in [0.2, 0.25) is 0 Å². The molecule has 0 aliphatic carbocycles. The number of anilines is 3. The number of likely N-dealkylation sites (N-methyl/N-ethyl adjacent to an activating group) is 1. The summed E-state index contributed by atoms with van der Waals surface area (Å²) in [6.45, 7) is 5.54. The Morgan fingerprint density at radius 2 is 1.67 bits per heavy atom. The van der Waals surface area contributed by atoms with Crippen LogP contribution in [0.4, 0.5) is 22.9 Å². The third kappa shape index (κ3) is 11.1. The minimum absolute atomic E-state index is 0.0739. The van der Waals surface area contributed by atoms with E-state index < -0.39 is 14.9 Å². The highest BCUT2D eigenvalue weighted by Gasteiger charge is 2.25. The number of ether oxygens (including phenoxy) is 1. The van der Waals surface area contributed by atoms with Crippen LogP contribution in [0.5, 0.6) is 0 Å². The molecule has 60 heavy (non-hydrogen) atoms. The summed E-state index contributed by atoms with van der Waals surface area (Å²) in [5.74, 6) is 0.633. The summed E-state index contributed by atoms with van der Waals surface area (Å²) in [6.07, 6.45) is 1.31. The molecule has 6 aromatic rings. The fraction of sp³-hybridized carbons (Fsp3) is 0.273. The summed E-state index contributed by atoms with van der Waals surface area (Å²) in [4.78, 5) is 28.0. The molecule has 1 aromatic heterocycles. The fourth-order valence-corrected chi connectivity index (χ4v) is 9.16. The van der Waals surface area contributed by atoms with E-state index in [4.69, 9.17) is 16.3 Å². The molecule has 0 amide bonds. The van der Waals surface area contributed by atoms with Gasteiger partial charge in [0.05, 0.1) is 34.6 Å². The first-order chi connectivity index (χ1) is 29.0. The van der Waals surface area contributed by atoms with Crippen LogP contribution >= 0.6 is 23.4 Å². The van der Waals surface area contributed by atoms with Crippen LogP contribution in [0.15, 0.2) is 131 Å². The van der Waals surface area contributed by atoms with Crippen molar-refractivity contribution in [3.05, 3.63) is 142 Å². The van der Waals surface area contributed by atoms with Crippen molar-refractivity contribution >= 4 is 67.2 Å². The van der Waals surface area contributed by atoms with Crippen LogP contribution in [-0.4, -0.2) is 105 Å². The van der Waals surface area contributed by atoms with Gasteiger partial charge in [0.25, 0.3) is 15.7 Å². The molecule has 0 radical (unpaired) electrons. The Hall–Kier alpha value is -5.29. The Bertz CT molecular complexity index is 2510. The summed E-state index contributed by atoms with van der Waals surface area (Å²) in [5, 5.41) is 16.8. The molecule has 1 fully saturated rings. The number of benzene rings is 5. The molecule has 1 saturated heterocycles. The van der Waals surface area contributed by atoms with Crippen LogP contribution in [0.2, 0.25) is 5.02 Å². The summed E-state index contributed by atoms with van der Waals surface area (Å²) in [6, 6.07) is 35.4. The van der Waals surface area contributed by atoms with Crippen LogP contribution in [-0.2, 0) is 21.3 Å². The van der Waals surface area contributed by atoms with Crippen molar-refractivity contribution in [2.24, 2.45) is 0 Å². The molecule has 0 unspecified atom stereocenters. The Balaban J connectivity index is 1.02. The number of nitrogens with zero attached hydrogens (tertiary/aromatic N) is 6. The second-order valence-corrected chi connectivity index (χ2v) is 18.0. The molecule has 1 aliphatic heterocycles. The summed E-state index contributed by atoms with van der Waals surface area (Å²) in [5.41, 5.74) is 4.85. The van der Waals surface area contributed by atoms with E-state index >= 15 is 0 Å². The molecule has 1 atom stereocenters. The number of thioether (sulfide) groups is 1. The zero-order valence-corrected chi connectivity index (χ0v) is 35.8. The quantitative estimate of drug-likeness (QED) is 0.0372. The zero-order chi connectivity index (χ0) is 42.1. The summed E-state index contributed by atoms with van der Waals surface area (Å²) >= 11 is 8.02. The number of nitrogens with one attached hydrogen (secondary N) is 2. The normalized spacial score (nSPS) is 14.0. The van der Waals surface area contributed by atoms with E-state index in [0.29, 0.717) is 34.9 Å². The maximum Gasteiger partial charge on any atom is 0.293 e. The molecule has 312 valence electrons. The molecule has 0 spiro atoms. The van der Waals surface area contributed by atoms with Gasteiger partial charge < -0.3 is 19.9 Å². The van der Waals surface area contributed by atoms with Crippen molar-refractivity contribution in [1.82, 2.24) is 19.8 Å². The van der Waals surface area contributed by atoms with Crippen LogP contribution in [0, 0.1) is 10.1 Å². The lowest BCUT2D eigenvalue weighted by atomic mass is 9.99. The number of hydrogen-bond donors (Lipinski definition) is 2. The van der Waals surface area contributed by atoms with Crippen molar-refractivity contribution in [1.29, 1.82) is 0 Å². The van der Waals surface area contributed by atoms with Gasteiger partial charge in [-0.25, -0.2) is 18.4 Å². The molecule has 2 heterocycles. The SMILES string of the molecule is CN(C)CCOC[C@H](CSc1ccccc1)Nc1ccc(S(=O)(=O)Nc2ncnc3cc(N4CCN(Cc5cc(Cl)ccc5-c5ccccc5)CC4)ccc23)cc1[N+](=O)[O-]. The highest BCUT2D eigenvalue weighted by atomic mass is 35.5. The topological polar surface area (TPSA) is 146 Å². The number of nitro benzene ring substituents is 1. The van der Waals surface area contributed by atoms with Gasteiger partial charge in [-0.15, -0.1) is 11.8 Å². The Morgan fingerprint density at radius 3 is 2.40 bits per heavy atom. The maximum absolute atomic E-state index is 13.8. The second kappa shape index (κ2) is 19.8. The van der Waals surface area contributed by atoms with Gasteiger partial charge >= 0.3 is 0 Å². The predicted molar refractivity (Wildman–Crippen MR) is 242 cm³/mol. The molecule has 2 N–H and O–H groups in total. The smallest absolute Gasteiger partial charge is 0.293 e. The molecule has 1 aliphatic rings. The molecular formula is C44H47ClN8O5S2. The van der Waals surface area contributed by atoms with Gasteiger partial charge in [-0.1, -0.05) is 66.2 Å². The minimum atomic E-state index is -4.29. The average molecular weight is 867 g/mol. The first kappa shape index (κ1) is 42.8. The molecule has 16 heteroatoms. The van der Waals surface area contributed by atoms with Gasteiger partial charge in [-0.2, -0.15) is 0 Å². The van der Waals surface area contributed by atoms with Crippen molar-refractivity contribution in [2.75, 3.05) is 80.7 Å². The predicted octanol–water partition coefficient (Wildman–Crippen LogP) is 8.13. The van der Waals surface area contributed by atoms with Crippen LogP contribution < -0.4 is 14.9 Å². The van der Waals surface area contributed by atoms with Crippen LogP contribution in [0.1, 0.15) is 5.56 Å². The number of aromatic nitrogens is 2. The minimum Gasteiger partial charge on any atom is -0.378 e. The number of sulfonamides is 1. The Morgan fingerprint density at radius 1 is 0.917 bits per heavy atom. The molecule has 0 saturated carbocycles. The second-order valence-electron chi connectivity index (χ2n) is 14.7. The van der Waals surface area contributed by atoms with Gasteiger partial charge in [0.1, 0.15) is 12.0 Å². The highest BCUT2D eigenvalue weighted by molar-refractivity contribution is 7.99. The number of hydrogen-bond acceptors (Lipinski definition) is 12. The van der Waals surface area contributed by atoms with Gasteiger partial charge in [-0.05, 0) is 85.4 Å². The standard InChI is InChI=1S/C44H47ClN8O5S2/c1-50(2)23-24-58-29-35(30-59-37-11-7-4-8-12-37)48-41-18-15-38(27-43(41)53(54)55)60(56,57)49-44-40-17-14-36(26-42(40)46-31-47-44)52-21-19-51(20-22-52)28-33-25-34(45)13-16-39(33)32-9-5-3-6-10-32/h3-18,25-27,31,35,48H,19-24,28-30H2,1-2H3,(H,46,47,49)/t35-/m1/s1. The lowest BCUT2D eigenvalue weighted by Gasteiger charge is -2.36. The summed E-state index contributed by atoms with van der Waals surface area (Å²) < 4.78 is 36.0. The zero-order valence-electron chi connectivity index (χ0n) is 33.4. The third-order valence-corrected chi connectivity index (χ3v) is 12.9. The van der Waals surface area contributed by atoms with Gasteiger partial charge in [-0.3, -0.25) is 19.7 Å². The van der Waals surface area contributed by atoms with E-state index in [2.05, 4.69) is 48.0 Å².